The number of hydrogen-bond donors (Lipinski definition) is 1. The van der Waals surface area contributed by atoms with Crippen LogP contribution in [0.2, 0.25) is 0 Å². The van der Waals surface area contributed by atoms with E-state index in [0.29, 0.717) is 18.1 Å². The first-order valence-electron chi connectivity index (χ1n) is 7.43. The lowest BCUT2D eigenvalue weighted by atomic mass is 10.2. The van der Waals surface area contributed by atoms with Crippen molar-refractivity contribution in [2.75, 3.05) is 13.1 Å². The van der Waals surface area contributed by atoms with Gasteiger partial charge in [-0.1, -0.05) is 19.9 Å². The molecular formula is C16H20N2O4S. The molecule has 0 spiro atoms. The Hall–Kier alpha value is -2.15. The Morgan fingerprint density at radius 2 is 2.22 bits per heavy atom. The van der Waals surface area contributed by atoms with Gasteiger partial charge in [0.05, 0.1) is 23.4 Å². The summed E-state index contributed by atoms with van der Waals surface area (Å²) in [5.41, 5.74) is 0.558. The van der Waals surface area contributed by atoms with Crippen molar-refractivity contribution in [1.29, 1.82) is 0 Å². The smallest absolute Gasteiger partial charge is 0.305 e. The average Bonchev–Trinajstić information content (AvgIpc) is 3.13. The molecule has 0 fully saturated rings. The van der Waals surface area contributed by atoms with E-state index in [0.717, 1.165) is 4.88 Å². The third-order valence-electron chi connectivity index (χ3n) is 3.15. The maximum absolute atomic E-state index is 12.4. The zero-order valence-electron chi connectivity index (χ0n) is 13.2. The van der Waals surface area contributed by atoms with Crippen LogP contribution < -0.4 is 0 Å². The van der Waals surface area contributed by atoms with Gasteiger partial charge in [0.15, 0.2) is 0 Å². The Morgan fingerprint density at radius 3 is 2.83 bits per heavy atom. The minimum atomic E-state index is -0.909. The van der Waals surface area contributed by atoms with Crippen molar-refractivity contribution in [3.05, 3.63) is 29.5 Å². The summed E-state index contributed by atoms with van der Waals surface area (Å²) in [4.78, 5) is 30.0. The Bertz CT molecular complexity index is 649. The lowest BCUT2D eigenvalue weighted by Gasteiger charge is -2.23. The maximum atomic E-state index is 12.4. The Balaban J connectivity index is 2.01. The van der Waals surface area contributed by atoms with E-state index in [1.165, 1.54) is 17.6 Å². The maximum Gasteiger partial charge on any atom is 0.305 e. The summed E-state index contributed by atoms with van der Waals surface area (Å²) in [6, 6.07) is 3.81. The molecule has 6 nitrogen and oxygen atoms in total. The van der Waals surface area contributed by atoms with Crippen LogP contribution in [0.4, 0.5) is 0 Å². The molecule has 0 aliphatic carbocycles. The Morgan fingerprint density at radius 1 is 1.43 bits per heavy atom. The van der Waals surface area contributed by atoms with Crippen molar-refractivity contribution in [3.63, 3.8) is 0 Å². The zero-order chi connectivity index (χ0) is 16.8. The first-order chi connectivity index (χ1) is 11.0. The van der Waals surface area contributed by atoms with Crippen molar-refractivity contribution >= 4 is 23.2 Å². The van der Waals surface area contributed by atoms with Crippen LogP contribution >= 0.6 is 11.3 Å². The van der Waals surface area contributed by atoms with E-state index in [1.807, 2.05) is 31.4 Å². The van der Waals surface area contributed by atoms with Crippen LogP contribution in [-0.2, 0) is 16.0 Å². The monoisotopic (exact) mass is 336 g/mol. The number of rotatable bonds is 8. The van der Waals surface area contributed by atoms with Gasteiger partial charge in [0.2, 0.25) is 11.8 Å². The second-order valence-corrected chi connectivity index (χ2v) is 6.62. The van der Waals surface area contributed by atoms with E-state index in [1.54, 1.807) is 4.90 Å². The molecule has 0 atom stereocenters. The number of carbonyl (C=O) groups excluding carboxylic acids is 1. The fraction of sp³-hybridized carbons (Fsp3) is 0.438. The summed E-state index contributed by atoms with van der Waals surface area (Å²) in [5.74, 6) is -0.269. The lowest BCUT2D eigenvalue weighted by Crippen LogP contribution is -2.37. The van der Waals surface area contributed by atoms with E-state index in [9.17, 15) is 9.59 Å². The molecule has 1 amide bonds. The minimum absolute atomic E-state index is 0.0578. The molecule has 7 heteroatoms. The zero-order valence-corrected chi connectivity index (χ0v) is 14.0. The first kappa shape index (κ1) is 17.2. The molecule has 0 saturated carbocycles. The third-order valence-corrected chi connectivity index (χ3v) is 4.01. The molecule has 2 aromatic rings. The minimum Gasteiger partial charge on any atom is -0.481 e. The topological polar surface area (TPSA) is 83.6 Å². The summed E-state index contributed by atoms with van der Waals surface area (Å²) >= 11 is 1.52. The van der Waals surface area contributed by atoms with Gasteiger partial charge in [-0.05, 0) is 17.4 Å². The van der Waals surface area contributed by atoms with Gasteiger partial charge >= 0.3 is 5.97 Å². The van der Waals surface area contributed by atoms with Crippen molar-refractivity contribution in [3.8, 4) is 10.8 Å². The van der Waals surface area contributed by atoms with Crippen molar-refractivity contribution in [2.24, 2.45) is 5.92 Å². The molecule has 0 aliphatic rings. The summed E-state index contributed by atoms with van der Waals surface area (Å²) in [6.07, 6.45) is 1.54. The number of hydrogen-bond acceptors (Lipinski definition) is 5. The van der Waals surface area contributed by atoms with Gasteiger partial charge in [-0.15, -0.1) is 11.3 Å². The fourth-order valence-corrected chi connectivity index (χ4v) is 2.81. The van der Waals surface area contributed by atoms with Gasteiger partial charge in [0, 0.05) is 13.1 Å². The molecule has 0 aliphatic heterocycles. The molecular weight excluding hydrogens is 316 g/mol. The van der Waals surface area contributed by atoms with Gasteiger partial charge in [-0.2, -0.15) is 0 Å². The first-order valence-corrected chi connectivity index (χ1v) is 8.31. The average molecular weight is 336 g/mol. The molecule has 0 saturated heterocycles. The second-order valence-electron chi connectivity index (χ2n) is 5.68. The normalized spacial score (nSPS) is 10.9. The molecule has 0 aromatic carbocycles. The molecule has 1 N–H and O–H groups in total. The number of carbonyl (C=O) groups is 2. The highest BCUT2D eigenvalue weighted by Gasteiger charge is 2.18. The van der Waals surface area contributed by atoms with Crippen molar-refractivity contribution < 1.29 is 19.1 Å². The molecule has 0 radical (unpaired) electrons. The van der Waals surface area contributed by atoms with Crippen LogP contribution in [0.1, 0.15) is 26.0 Å². The van der Waals surface area contributed by atoms with E-state index >= 15 is 0 Å². The molecule has 0 bridgehead atoms. The predicted octanol–water partition coefficient (Wildman–Crippen LogP) is 2.90. The highest BCUT2D eigenvalue weighted by molar-refractivity contribution is 7.13. The number of amides is 1. The Labute approximate surface area is 138 Å². The van der Waals surface area contributed by atoms with Gasteiger partial charge in [-0.25, -0.2) is 4.98 Å². The highest BCUT2D eigenvalue weighted by Crippen LogP contribution is 2.23. The van der Waals surface area contributed by atoms with Crippen LogP contribution in [-0.4, -0.2) is 40.0 Å². The quantitative estimate of drug-likeness (QED) is 0.801. The summed E-state index contributed by atoms with van der Waals surface area (Å²) < 4.78 is 5.40. The molecule has 23 heavy (non-hydrogen) atoms. The van der Waals surface area contributed by atoms with E-state index < -0.39 is 5.97 Å². The SMILES string of the molecule is CC(C)CN(CCC(=O)O)C(=O)Cc1coc(-c2cccs2)n1. The predicted molar refractivity (Wildman–Crippen MR) is 87.2 cm³/mol. The fourth-order valence-electron chi connectivity index (χ4n) is 2.16. The molecule has 0 unspecified atom stereocenters. The summed E-state index contributed by atoms with van der Waals surface area (Å²) in [5, 5.41) is 10.7. The number of thiophene rings is 1. The Kier molecular flexibility index (Phi) is 5.92. The second kappa shape index (κ2) is 7.92. The van der Waals surface area contributed by atoms with Crippen LogP contribution in [0.3, 0.4) is 0 Å². The lowest BCUT2D eigenvalue weighted by molar-refractivity contribution is -0.138. The van der Waals surface area contributed by atoms with Crippen LogP contribution in [0.5, 0.6) is 0 Å². The third kappa shape index (κ3) is 5.21. The number of oxazole rings is 1. The number of aliphatic carboxylic acids is 1. The molecule has 2 rings (SSSR count). The van der Waals surface area contributed by atoms with Crippen LogP contribution in [0.25, 0.3) is 10.8 Å². The standard InChI is InChI=1S/C16H20N2O4S/c1-11(2)9-18(6-5-15(20)21)14(19)8-12-10-22-16(17-12)13-4-3-7-23-13/h3-4,7,10-11H,5-6,8-9H2,1-2H3,(H,20,21). The van der Waals surface area contributed by atoms with Gasteiger partial charge in [-0.3, -0.25) is 9.59 Å². The van der Waals surface area contributed by atoms with Gasteiger partial charge < -0.3 is 14.4 Å². The number of nitrogens with zero attached hydrogens (tertiary/aromatic N) is 2. The molecule has 2 heterocycles. The van der Waals surface area contributed by atoms with E-state index in [2.05, 4.69) is 4.98 Å². The van der Waals surface area contributed by atoms with Crippen molar-refractivity contribution in [1.82, 2.24) is 9.88 Å². The largest absolute Gasteiger partial charge is 0.481 e. The molecule has 124 valence electrons. The number of carboxylic acid groups (broad SMARTS) is 1. The number of carboxylic acids is 1. The van der Waals surface area contributed by atoms with Crippen molar-refractivity contribution in [2.45, 2.75) is 26.7 Å². The van der Waals surface area contributed by atoms with E-state index in [4.69, 9.17) is 9.52 Å². The van der Waals surface area contributed by atoms with Gasteiger partial charge in [0.1, 0.15) is 6.26 Å². The summed E-state index contributed by atoms with van der Waals surface area (Å²) in [7, 11) is 0. The number of aromatic nitrogens is 1. The van der Waals surface area contributed by atoms with E-state index in [-0.39, 0.29) is 31.2 Å². The summed E-state index contributed by atoms with van der Waals surface area (Å²) in [6.45, 7) is 4.72. The van der Waals surface area contributed by atoms with Gasteiger partial charge in [0.25, 0.3) is 0 Å². The highest BCUT2D eigenvalue weighted by atomic mass is 32.1. The van der Waals surface area contributed by atoms with Crippen LogP contribution in [0, 0.1) is 5.92 Å². The van der Waals surface area contributed by atoms with Crippen LogP contribution in [0.15, 0.2) is 28.2 Å². The molecule has 2 aromatic heterocycles.